The lowest BCUT2D eigenvalue weighted by atomic mass is 10.1. The van der Waals surface area contributed by atoms with E-state index in [2.05, 4.69) is 10.3 Å². The fourth-order valence-electron chi connectivity index (χ4n) is 4.88. The SMILES string of the molecule is COc1cccc(NC(=O)c2ccc3c(c2)nc(-c2cccc(Oc4ccccc4)c2)n3[C@H](CCCN=C(N)N)C(N)=O)c1. The standard InChI is InChI=1S/C33H33N7O4/c1-43-25-12-6-9-23(20-25)38-32(42)22-15-16-28-27(19-22)39-31(40(28)29(30(34)41)14-7-17-37-33(35)36)21-8-5-13-26(18-21)44-24-10-3-2-4-11-24/h2-6,8-13,15-16,18-20,29H,7,14,17H2,1H3,(H2,34,41)(H,38,42)(H4,35,36,37)/t29-/m1/s1. The van der Waals surface area contributed by atoms with Crippen LogP contribution in [0.5, 0.6) is 17.2 Å². The molecule has 0 spiro atoms. The van der Waals surface area contributed by atoms with Crippen LogP contribution in [-0.2, 0) is 4.79 Å². The highest BCUT2D eigenvalue weighted by Gasteiger charge is 2.25. The van der Waals surface area contributed by atoms with Crippen LogP contribution in [0.2, 0.25) is 0 Å². The van der Waals surface area contributed by atoms with Crippen molar-refractivity contribution in [2.45, 2.75) is 18.9 Å². The van der Waals surface area contributed by atoms with Crippen LogP contribution in [0.1, 0.15) is 29.2 Å². The number of anilines is 1. The Kier molecular flexibility index (Phi) is 9.05. The summed E-state index contributed by atoms with van der Waals surface area (Å²) in [6.45, 7) is 0.336. The van der Waals surface area contributed by atoms with E-state index < -0.39 is 11.9 Å². The molecule has 0 aliphatic carbocycles. The third kappa shape index (κ3) is 6.96. The first-order valence-corrected chi connectivity index (χ1v) is 14.0. The molecule has 0 aliphatic heterocycles. The molecule has 0 saturated carbocycles. The summed E-state index contributed by atoms with van der Waals surface area (Å²) in [7, 11) is 1.56. The average Bonchev–Trinajstić information content (AvgIpc) is 3.40. The Morgan fingerprint density at radius 2 is 1.64 bits per heavy atom. The van der Waals surface area contributed by atoms with E-state index in [1.807, 2.05) is 54.6 Å². The molecule has 0 saturated heterocycles. The molecule has 0 fully saturated rings. The summed E-state index contributed by atoms with van der Waals surface area (Å²) in [5.41, 5.74) is 19.7. The molecule has 1 heterocycles. The number of rotatable bonds is 12. The second-order valence-electron chi connectivity index (χ2n) is 10.0. The topological polar surface area (TPSA) is 173 Å². The van der Waals surface area contributed by atoms with E-state index in [1.54, 1.807) is 54.1 Å². The van der Waals surface area contributed by atoms with Gasteiger partial charge in [-0.1, -0.05) is 36.4 Å². The van der Waals surface area contributed by atoms with Gasteiger partial charge in [0.05, 0.1) is 18.1 Å². The number of nitrogens with zero attached hydrogens (tertiary/aromatic N) is 3. The monoisotopic (exact) mass is 591 g/mol. The molecule has 4 aromatic carbocycles. The molecular formula is C33H33N7O4. The zero-order chi connectivity index (χ0) is 31.1. The van der Waals surface area contributed by atoms with Crippen LogP contribution in [0, 0.1) is 0 Å². The van der Waals surface area contributed by atoms with Crippen LogP contribution >= 0.6 is 0 Å². The maximum atomic E-state index is 13.2. The number of aliphatic imine (C=N–C) groups is 1. The summed E-state index contributed by atoms with van der Waals surface area (Å²) in [6, 6.07) is 28.3. The highest BCUT2D eigenvalue weighted by atomic mass is 16.5. The van der Waals surface area contributed by atoms with Gasteiger partial charge in [-0.05, 0) is 67.4 Å². The number of para-hydroxylation sites is 1. The Labute approximate surface area is 254 Å². The van der Waals surface area contributed by atoms with Gasteiger partial charge in [0, 0.05) is 29.4 Å². The van der Waals surface area contributed by atoms with E-state index in [-0.39, 0.29) is 11.9 Å². The molecule has 0 unspecified atom stereocenters. The van der Waals surface area contributed by atoms with Crippen molar-refractivity contribution in [3.8, 4) is 28.6 Å². The van der Waals surface area contributed by atoms with Crippen molar-refractivity contribution in [3.63, 3.8) is 0 Å². The van der Waals surface area contributed by atoms with Gasteiger partial charge in [-0.15, -0.1) is 0 Å². The zero-order valence-electron chi connectivity index (χ0n) is 24.1. The van der Waals surface area contributed by atoms with Gasteiger partial charge in [0.1, 0.15) is 29.1 Å². The van der Waals surface area contributed by atoms with Crippen molar-refractivity contribution in [2.24, 2.45) is 22.2 Å². The Bertz CT molecular complexity index is 1810. The molecule has 5 aromatic rings. The number of hydrogen-bond acceptors (Lipinski definition) is 6. The molecule has 0 bridgehead atoms. The summed E-state index contributed by atoms with van der Waals surface area (Å²) in [5, 5.41) is 2.89. The molecule has 5 rings (SSSR count). The predicted molar refractivity (Wildman–Crippen MR) is 171 cm³/mol. The summed E-state index contributed by atoms with van der Waals surface area (Å²) in [5.74, 6) is 1.51. The minimum Gasteiger partial charge on any atom is -0.497 e. The van der Waals surface area contributed by atoms with Crippen LogP contribution in [0.15, 0.2) is 102 Å². The predicted octanol–water partition coefficient (Wildman–Crippen LogP) is 4.84. The number of fused-ring (bicyclic) bond motifs is 1. The summed E-state index contributed by atoms with van der Waals surface area (Å²) < 4.78 is 13.1. The Morgan fingerprint density at radius 3 is 2.39 bits per heavy atom. The maximum Gasteiger partial charge on any atom is 0.255 e. The van der Waals surface area contributed by atoms with Gasteiger partial charge in [-0.3, -0.25) is 14.6 Å². The molecule has 11 nitrogen and oxygen atoms in total. The molecular weight excluding hydrogens is 558 g/mol. The van der Waals surface area contributed by atoms with Gasteiger partial charge in [0.25, 0.3) is 5.91 Å². The van der Waals surface area contributed by atoms with Crippen LogP contribution < -0.4 is 32.0 Å². The molecule has 11 heteroatoms. The molecule has 2 amide bonds. The minimum absolute atomic E-state index is 0.0237. The first-order chi connectivity index (χ1) is 21.3. The minimum atomic E-state index is -0.764. The molecule has 44 heavy (non-hydrogen) atoms. The van der Waals surface area contributed by atoms with Crippen LogP contribution in [-0.4, -0.2) is 41.0 Å². The fourth-order valence-corrected chi connectivity index (χ4v) is 4.88. The third-order valence-electron chi connectivity index (χ3n) is 6.92. The average molecular weight is 592 g/mol. The number of nitrogens with two attached hydrogens (primary N) is 3. The number of imidazole rings is 1. The van der Waals surface area contributed by atoms with Crippen LogP contribution in [0.25, 0.3) is 22.4 Å². The van der Waals surface area contributed by atoms with Gasteiger partial charge in [0.2, 0.25) is 5.91 Å². The van der Waals surface area contributed by atoms with Crippen molar-refractivity contribution in [1.82, 2.24) is 9.55 Å². The highest BCUT2D eigenvalue weighted by Crippen LogP contribution is 2.33. The van der Waals surface area contributed by atoms with Gasteiger partial charge < -0.3 is 36.6 Å². The van der Waals surface area contributed by atoms with Crippen molar-refractivity contribution in [3.05, 3.63) is 103 Å². The summed E-state index contributed by atoms with van der Waals surface area (Å²) in [6.07, 6.45) is 0.867. The number of nitrogens with one attached hydrogen (secondary N) is 1. The van der Waals surface area contributed by atoms with Gasteiger partial charge in [-0.25, -0.2) is 4.98 Å². The van der Waals surface area contributed by atoms with Gasteiger partial charge >= 0.3 is 0 Å². The van der Waals surface area contributed by atoms with E-state index in [1.165, 1.54) is 0 Å². The van der Waals surface area contributed by atoms with E-state index in [0.29, 0.717) is 70.3 Å². The zero-order valence-corrected chi connectivity index (χ0v) is 24.1. The fraction of sp³-hybridized carbons (Fsp3) is 0.152. The molecule has 1 aromatic heterocycles. The highest BCUT2D eigenvalue weighted by molar-refractivity contribution is 6.06. The third-order valence-corrected chi connectivity index (χ3v) is 6.92. The number of methoxy groups -OCH3 is 1. The first-order valence-electron chi connectivity index (χ1n) is 14.0. The molecule has 0 radical (unpaired) electrons. The van der Waals surface area contributed by atoms with Crippen molar-refractivity contribution in [2.75, 3.05) is 19.0 Å². The lowest BCUT2D eigenvalue weighted by Gasteiger charge is -2.19. The Balaban J connectivity index is 1.55. The first kappa shape index (κ1) is 29.6. The normalized spacial score (nSPS) is 11.5. The van der Waals surface area contributed by atoms with E-state index in [9.17, 15) is 9.59 Å². The molecule has 224 valence electrons. The quantitative estimate of drug-likeness (QED) is 0.0913. The van der Waals surface area contributed by atoms with Crippen LogP contribution in [0.3, 0.4) is 0 Å². The maximum absolute atomic E-state index is 13.2. The van der Waals surface area contributed by atoms with Gasteiger partial charge in [0.15, 0.2) is 5.96 Å². The van der Waals surface area contributed by atoms with Crippen LogP contribution in [0.4, 0.5) is 5.69 Å². The Hall–Kier alpha value is -5.84. The van der Waals surface area contributed by atoms with Crippen molar-refractivity contribution < 1.29 is 19.1 Å². The second-order valence-corrected chi connectivity index (χ2v) is 10.0. The number of benzene rings is 4. The largest absolute Gasteiger partial charge is 0.497 e. The number of amides is 2. The Morgan fingerprint density at radius 1 is 0.886 bits per heavy atom. The van der Waals surface area contributed by atoms with E-state index >= 15 is 0 Å². The van der Waals surface area contributed by atoms with E-state index in [4.69, 9.17) is 31.7 Å². The van der Waals surface area contributed by atoms with Crippen molar-refractivity contribution in [1.29, 1.82) is 0 Å². The number of ether oxygens (including phenoxy) is 2. The molecule has 1 atom stereocenters. The smallest absolute Gasteiger partial charge is 0.255 e. The number of hydrogen-bond donors (Lipinski definition) is 4. The number of carbonyl (C=O) groups excluding carboxylic acids is 2. The molecule has 0 aliphatic rings. The number of carbonyl (C=O) groups is 2. The van der Waals surface area contributed by atoms with E-state index in [0.717, 1.165) is 0 Å². The second kappa shape index (κ2) is 13.4. The summed E-state index contributed by atoms with van der Waals surface area (Å²) >= 11 is 0. The number of primary amides is 1. The number of aromatic nitrogens is 2. The molecule has 7 N–H and O–H groups in total. The summed E-state index contributed by atoms with van der Waals surface area (Å²) in [4.78, 5) is 35.0. The van der Waals surface area contributed by atoms with Crippen molar-refractivity contribution >= 4 is 34.5 Å². The lowest BCUT2D eigenvalue weighted by molar-refractivity contribution is -0.121. The number of guanidine groups is 1. The van der Waals surface area contributed by atoms with Gasteiger partial charge in [-0.2, -0.15) is 0 Å². The lowest BCUT2D eigenvalue weighted by Crippen LogP contribution is -2.27.